The van der Waals surface area contributed by atoms with Crippen LogP contribution in [-0.4, -0.2) is 6.61 Å². The predicted molar refractivity (Wildman–Crippen MR) is 89.1 cm³/mol. The van der Waals surface area contributed by atoms with Crippen molar-refractivity contribution in [2.24, 2.45) is 0 Å². The topological polar surface area (TPSA) is 21.3 Å². The SMILES string of the molecule is CCOc1c(Cl)cc(Cl)cc1CNc1ccc(Br)cc1. The lowest BCUT2D eigenvalue weighted by atomic mass is 10.2. The first-order chi connectivity index (χ1) is 9.60. The molecule has 0 aliphatic carbocycles. The van der Waals surface area contributed by atoms with Gasteiger partial charge in [-0.3, -0.25) is 0 Å². The van der Waals surface area contributed by atoms with Crippen molar-refractivity contribution in [3.63, 3.8) is 0 Å². The quantitative estimate of drug-likeness (QED) is 0.717. The third kappa shape index (κ3) is 4.05. The van der Waals surface area contributed by atoms with Crippen LogP contribution in [0.15, 0.2) is 40.9 Å². The second kappa shape index (κ2) is 7.21. The van der Waals surface area contributed by atoms with Crippen molar-refractivity contribution in [3.05, 3.63) is 56.5 Å². The summed E-state index contributed by atoms with van der Waals surface area (Å²) in [5.74, 6) is 0.683. The normalized spacial score (nSPS) is 10.4. The molecule has 0 fully saturated rings. The van der Waals surface area contributed by atoms with E-state index in [4.69, 9.17) is 27.9 Å². The maximum atomic E-state index is 6.17. The number of nitrogens with one attached hydrogen (secondary N) is 1. The summed E-state index contributed by atoms with van der Waals surface area (Å²) in [5, 5.41) is 4.46. The molecule has 2 rings (SSSR count). The molecule has 106 valence electrons. The van der Waals surface area contributed by atoms with Gasteiger partial charge in [0.15, 0.2) is 0 Å². The number of ether oxygens (including phenoxy) is 1. The first-order valence-corrected chi connectivity index (χ1v) is 7.75. The molecule has 0 unspecified atom stereocenters. The molecule has 0 aliphatic heterocycles. The molecule has 2 aromatic rings. The largest absolute Gasteiger partial charge is 0.492 e. The minimum absolute atomic E-state index is 0.534. The summed E-state index contributed by atoms with van der Waals surface area (Å²) in [5.41, 5.74) is 1.96. The van der Waals surface area contributed by atoms with Crippen molar-refractivity contribution >= 4 is 44.8 Å². The van der Waals surface area contributed by atoms with Gasteiger partial charge in [-0.15, -0.1) is 0 Å². The molecule has 5 heteroatoms. The highest BCUT2D eigenvalue weighted by molar-refractivity contribution is 9.10. The van der Waals surface area contributed by atoms with E-state index in [1.54, 1.807) is 6.07 Å². The fraction of sp³-hybridized carbons (Fsp3) is 0.200. The highest BCUT2D eigenvalue weighted by Crippen LogP contribution is 2.33. The molecule has 0 bridgehead atoms. The van der Waals surface area contributed by atoms with Crippen LogP contribution in [0.2, 0.25) is 10.0 Å². The highest BCUT2D eigenvalue weighted by atomic mass is 79.9. The van der Waals surface area contributed by atoms with Crippen LogP contribution in [0, 0.1) is 0 Å². The molecule has 0 spiro atoms. The van der Waals surface area contributed by atoms with Gasteiger partial charge in [0.25, 0.3) is 0 Å². The number of rotatable bonds is 5. The van der Waals surface area contributed by atoms with Gasteiger partial charge in [-0.2, -0.15) is 0 Å². The molecule has 0 aromatic heterocycles. The molecule has 1 N–H and O–H groups in total. The minimum atomic E-state index is 0.534. The summed E-state index contributed by atoms with van der Waals surface area (Å²) in [7, 11) is 0. The van der Waals surface area contributed by atoms with Gasteiger partial charge in [0, 0.05) is 27.3 Å². The predicted octanol–water partition coefficient (Wildman–Crippen LogP) is 5.77. The van der Waals surface area contributed by atoms with Crippen LogP contribution < -0.4 is 10.1 Å². The Morgan fingerprint density at radius 2 is 1.85 bits per heavy atom. The number of hydrogen-bond acceptors (Lipinski definition) is 2. The number of halogens is 3. The Balaban J connectivity index is 2.17. The molecule has 0 saturated heterocycles. The lowest BCUT2D eigenvalue weighted by molar-refractivity contribution is 0.337. The van der Waals surface area contributed by atoms with Gasteiger partial charge in [0.2, 0.25) is 0 Å². The molecule has 20 heavy (non-hydrogen) atoms. The molecule has 0 atom stereocenters. The van der Waals surface area contributed by atoms with Crippen molar-refractivity contribution in [2.75, 3.05) is 11.9 Å². The first kappa shape index (κ1) is 15.5. The third-order valence-corrected chi connectivity index (χ3v) is 3.73. The molecule has 2 aromatic carbocycles. The van der Waals surface area contributed by atoms with Crippen LogP contribution >= 0.6 is 39.1 Å². The summed E-state index contributed by atoms with van der Waals surface area (Å²) in [6.07, 6.45) is 0. The Kier molecular flexibility index (Phi) is 5.58. The highest BCUT2D eigenvalue weighted by Gasteiger charge is 2.10. The van der Waals surface area contributed by atoms with E-state index in [2.05, 4.69) is 21.2 Å². The van der Waals surface area contributed by atoms with Gasteiger partial charge < -0.3 is 10.1 Å². The Labute approximate surface area is 137 Å². The molecule has 0 saturated carbocycles. The van der Waals surface area contributed by atoms with E-state index >= 15 is 0 Å². The Bertz CT molecular complexity index is 587. The summed E-state index contributed by atoms with van der Waals surface area (Å²) in [4.78, 5) is 0. The number of hydrogen-bond donors (Lipinski definition) is 1. The van der Waals surface area contributed by atoms with E-state index in [0.29, 0.717) is 28.9 Å². The van der Waals surface area contributed by atoms with Gasteiger partial charge in [0.05, 0.1) is 11.6 Å². The van der Waals surface area contributed by atoms with Crippen LogP contribution in [0.3, 0.4) is 0 Å². The molecule has 0 heterocycles. The smallest absolute Gasteiger partial charge is 0.142 e. The van der Waals surface area contributed by atoms with E-state index in [-0.39, 0.29) is 0 Å². The maximum Gasteiger partial charge on any atom is 0.142 e. The lowest BCUT2D eigenvalue weighted by Crippen LogP contribution is -2.04. The third-order valence-electron chi connectivity index (χ3n) is 2.70. The van der Waals surface area contributed by atoms with E-state index in [1.807, 2.05) is 37.3 Å². The zero-order valence-electron chi connectivity index (χ0n) is 10.9. The zero-order valence-corrected chi connectivity index (χ0v) is 14.0. The Hall–Kier alpha value is -0.900. The average molecular weight is 375 g/mol. The number of benzene rings is 2. The molecule has 2 nitrogen and oxygen atoms in total. The van der Waals surface area contributed by atoms with E-state index in [9.17, 15) is 0 Å². The van der Waals surface area contributed by atoms with Crippen LogP contribution in [-0.2, 0) is 6.54 Å². The summed E-state index contributed by atoms with van der Waals surface area (Å²) in [6, 6.07) is 11.5. The molecule has 0 amide bonds. The van der Waals surface area contributed by atoms with Crippen LogP contribution in [0.1, 0.15) is 12.5 Å². The van der Waals surface area contributed by atoms with Crippen molar-refractivity contribution in [1.29, 1.82) is 0 Å². The summed E-state index contributed by atoms with van der Waals surface area (Å²) < 4.78 is 6.64. The Morgan fingerprint density at radius 3 is 2.50 bits per heavy atom. The van der Waals surface area contributed by atoms with E-state index < -0.39 is 0 Å². The van der Waals surface area contributed by atoms with Crippen LogP contribution in [0.25, 0.3) is 0 Å². The molecule has 0 radical (unpaired) electrons. The molecule has 0 aliphatic rings. The lowest BCUT2D eigenvalue weighted by Gasteiger charge is -2.14. The van der Waals surface area contributed by atoms with E-state index in [0.717, 1.165) is 15.7 Å². The van der Waals surface area contributed by atoms with Gasteiger partial charge >= 0.3 is 0 Å². The van der Waals surface area contributed by atoms with Gasteiger partial charge in [-0.25, -0.2) is 0 Å². The van der Waals surface area contributed by atoms with Gasteiger partial charge in [0.1, 0.15) is 5.75 Å². The number of anilines is 1. The summed E-state index contributed by atoms with van der Waals surface area (Å²) in [6.45, 7) is 3.08. The van der Waals surface area contributed by atoms with Crippen LogP contribution in [0.5, 0.6) is 5.75 Å². The zero-order chi connectivity index (χ0) is 14.5. The molecular weight excluding hydrogens is 361 g/mol. The van der Waals surface area contributed by atoms with Crippen molar-refractivity contribution in [3.8, 4) is 5.75 Å². The minimum Gasteiger partial charge on any atom is -0.492 e. The van der Waals surface area contributed by atoms with Gasteiger partial charge in [-0.1, -0.05) is 39.1 Å². The Morgan fingerprint density at radius 1 is 1.15 bits per heavy atom. The van der Waals surface area contributed by atoms with Crippen molar-refractivity contribution in [2.45, 2.75) is 13.5 Å². The van der Waals surface area contributed by atoms with Gasteiger partial charge in [-0.05, 0) is 43.3 Å². The fourth-order valence-corrected chi connectivity index (χ4v) is 2.67. The van der Waals surface area contributed by atoms with Crippen molar-refractivity contribution in [1.82, 2.24) is 0 Å². The monoisotopic (exact) mass is 373 g/mol. The second-order valence-electron chi connectivity index (χ2n) is 4.17. The standard InChI is InChI=1S/C15H14BrCl2NO/c1-2-20-15-10(7-12(17)8-14(15)18)9-19-13-5-3-11(16)4-6-13/h3-8,19H,2,9H2,1H3. The second-order valence-corrected chi connectivity index (χ2v) is 5.93. The van der Waals surface area contributed by atoms with E-state index in [1.165, 1.54) is 0 Å². The maximum absolute atomic E-state index is 6.17. The van der Waals surface area contributed by atoms with Crippen molar-refractivity contribution < 1.29 is 4.74 Å². The average Bonchev–Trinajstić information content (AvgIpc) is 2.41. The van der Waals surface area contributed by atoms with Crippen LogP contribution in [0.4, 0.5) is 5.69 Å². The first-order valence-electron chi connectivity index (χ1n) is 6.20. The summed E-state index contributed by atoms with van der Waals surface area (Å²) >= 11 is 15.6. The fourth-order valence-electron chi connectivity index (χ4n) is 1.82. The molecular formula is C15H14BrCl2NO.